The average molecular weight is 488 g/mol. The number of sulfone groups is 1. The smallest absolute Gasteiger partial charge is 0.285 e. The largest absolute Gasteiger partial charge is 0.484 e. The minimum atomic E-state index is -3.12. The number of thioether (sulfide) groups is 1. The molecular weight excluding hydrogens is 458 g/mol. The summed E-state index contributed by atoms with van der Waals surface area (Å²) in [6.45, 7) is 7.88. The molecule has 0 N–H and O–H groups in total. The van der Waals surface area contributed by atoms with Crippen LogP contribution in [0.25, 0.3) is 0 Å². The van der Waals surface area contributed by atoms with Crippen LogP contribution in [0.2, 0.25) is 0 Å². The quantitative estimate of drug-likeness (QED) is 0.591. The zero-order valence-electron chi connectivity index (χ0n) is 19.1. The van der Waals surface area contributed by atoms with Crippen molar-refractivity contribution in [3.05, 3.63) is 54.1 Å². The Morgan fingerprint density at radius 1 is 1.15 bits per heavy atom. The maximum absolute atomic E-state index is 12.6. The van der Waals surface area contributed by atoms with Gasteiger partial charge >= 0.3 is 0 Å². The van der Waals surface area contributed by atoms with Crippen LogP contribution in [0.15, 0.2) is 53.5 Å². The molecule has 2 saturated heterocycles. The highest BCUT2D eigenvalue weighted by atomic mass is 32.2. The van der Waals surface area contributed by atoms with Gasteiger partial charge < -0.3 is 14.5 Å². The van der Waals surface area contributed by atoms with Gasteiger partial charge in [0.1, 0.15) is 5.75 Å². The van der Waals surface area contributed by atoms with Crippen molar-refractivity contribution in [2.24, 2.45) is 4.99 Å². The summed E-state index contributed by atoms with van der Waals surface area (Å²) in [4.78, 5) is 21.2. The highest BCUT2D eigenvalue weighted by Gasteiger charge is 2.49. The Labute approximate surface area is 199 Å². The molecule has 0 aliphatic carbocycles. The standard InChI is InChI=1S/C24H29N3O4S2/c1-4-26(5-2)18-11-12-20(17(3)13-18)27-21-15-33(29,30)16-22(21)32-24(27)25-23(28)14-31-19-9-7-6-8-10-19/h6-13,21-22H,4-5,14-16H2,1-3H3. The van der Waals surface area contributed by atoms with Crippen molar-refractivity contribution in [1.29, 1.82) is 0 Å². The first-order valence-corrected chi connectivity index (χ1v) is 13.8. The van der Waals surface area contributed by atoms with Gasteiger partial charge in [0.05, 0.1) is 17.5 Å². The Bertz CT molecular complexity index is 1150. The Hall–Kier alpha value is -2.52. The number of carbonyl (C=O) groups excluding carboxylic acids is 1. The number of rotatable bonds is 7. The molecule has 1 amide bonds. The molecule has 7 nitrogen and oxygen atoms in total. The summed E-state index contributed by atoms with van der Waals surface area (Å²) in [5, 5.41) is 0.402. The van der Waals surface area contributed by atoms with E-state index in [0.29, 0.717) is 10.9 Å². The third-order valence-electron chi connectivity index (χ3n) is 5.96. The molecule has 2 aromatic rings. The first kappa shape index (κ1) is 23.6. The van der Waals surface area contributed by atoms with Crippen LogP contribution in [0.1, 0.15) is 19.4 Å². The van der Waals surface area contributed by atoms with Crippen LogP contribution in [0.3, 0.4) is 0 Å². The summed E-state index contributed by atoms with van der Waals surface area (Å²) in [5.74, 6) is 0.373. The highest BCUT2D eigenvalue weighted by Crippen LogP contribution is 2.42. The van der Waals surface area contributed by atoms with E-state index in [2.05, 4.69) is 35.9 Å². The van der Waals surface area contributed by atoms with Crippen LogP contribution < -0.4 is 14.5 Å². The molecule has 2 aromatic carbocycles. The van der Waals surface area contributed by atoms with Crippen molar-refractivity contribution in [3.8, 4) is 5.75 Å². The van der Waals surface area contributed by atoms with E-state index >= 15 is 0 Å². The second-order valence-corrected chi connectivity index (χ2v) is 11.6. The van der Waals surface area contributed by atoms with Crippen LogP contribution in [-0.4, -0.2) is 62.0 Å². The van der Waals surface area contributed by atoms with Gasteiger partial charge in [-0.25, -0.2) is 8.42 Å². The lowest BCUT2D eigenvalue weighted by atomic mass is 10.1. The molecule has 9 heteroatoms. The zero-order chi connectivity index (χ0) is 23.6. The molecule has 2 aliphatic rings. The van der Waals surface area contributed by atoms with Crippen LogP contribution in [0.4, 0.5) is 11.4 Å². The lowest BCUT2D eigenvalue weighted by Gasteiger charge is -2.28. The Kier molecular flexibility index (Phi) is 6.99. The predicted octanol–water partition coefficient (Wildman–Crippen LogP) is 3.52. The third-order valence-corrected chi connectivity index (χ3v) is 9.17. The number of anilines is 2. The molecular formula is C24H29N3O4S2. The van der Waals surface area contributed by atoms with Gasteiger partial charge in [-0.05, 0) is 56.7 Å². The van der Waals surface area contributed by atoms with Gasteiger partial charge in [0.15, 0.2) is 21.6 Å². The number of para-hydroxylation sites is 1. The minimum Gasteiger partial charge on any atom is -0.484 e. The van der Waals surface area contributed by atoms with E-state index in [1.807, 2.05) is 36.1 Å². The van der Waals surface area contributed by atoms with Crippen molar-refractivity contribution in [3.63, 3.8) is 0 Å². The van der Waals surface area contributed by atoms with Crippen LogP contribution >= 0.6 is 11.8 Å². The summed E-state index contributed by atoms with van der Waals surface area (Å²) in [6.07, 6.45) is 0. The van der Waals surface area contributed by atoms with E-state index in [9.17, 15) is 13.2 Å². The number of nitrogens with zero attached hydrogens (tertiary/aromatic N) is 3. The molecule has 2 unspecified atom stereocenters. The number of ether oxygens (including phenoxy) is 1. The van der Waals surface area contributed by atoms with E-state index < -0.39 is 15.7 Å². The number of hydrogen-bond donors (Lipinski definition) is 0. The lowest BCUT2D eigenvalue weighted by molar-refractivity contribution is -0.119. The van der Waals surface area contributed by atoms with Gasteiger partial charge in [-0.15, -0.1) is 0 Å². The number of hydrogen-bond acceptors (Lipinski definition) is 6. The molecule has 0 bridgehead atoms. The van der Waals surface area contributed by atoms with Crippen molar-refractivity contribution in [1.82, 2.24) is 0 Å². The van der Waals surface area contributed by atoms with Gasteiger partial charge in [0.2, 0.25) is 0 Å². The molecule has 2 heterocycles. The highest BCUT2D eigenvalue weighted by molar-refractivity contribution is 8.16. The van der Waals surface area contributed by atoms with Crippen LogP contribution in [0, 0.1) is 6.92 Å². The lowest BCUT2D eigenvalue weighted by Crippen LogP contribution is -2.38. The van der Waals surface area contributed by atoms with Crippen molar-refractivity contribution in [2.75, 3.05) is 41.0 Å². The second kappa shape index (κ2) is 9.77. The number of amidine groups is 1. The molecule has 4 rings (SSSR count). The Morgan fingerprint density at radius 2 is 1.88 bits per heavy atom. The normalized spacial score (nSPS) is 22.4. The maximum atomic E-state index is 12.6. The summed E-state index contributed by atoms with van der Waals surface area (Å²) in [7, 11) is -3.12. The first-order chi connectivity index (χ1) is 15.8. The van der Waals surface area contributed by atoms with E-state index in [1.54, 1.807) is 12.1 Å². The van der Waals surface area contributed by atoms with Crippen LogP contribution in [0.5, 0.6) is 5.75 Å². The Morgan fingerprint density at radius 3 is 2.55 bits per heavy atom. The first-order valence-electron chi connectivity index (χ1n) is 11.1. The number of aryl methyl sites for hydroxylation is 1. The second-order valence-electron chi connectivity index (χ2n) is 8.20. The summed E-state index contributed by atoms with van der Waals surface area (Å²) in [5.41, 5.74) is 3.03. The summed E-state index contributed by atoms with van der Waals surface area (Å²) < 4.78 is 30.2. The summed E-state index contributed by atoms with van der Waals surface area (Å²) in [6, 6.07) is 15.1. The SMILES string of the molecule is CCN(CC)c1ccc(N2C(=NC(=O)COc3ccccc3)SC3CS(=O)(=O)CC32)c(C)c1. The molecule has 2 aliphatic heterocycles. The van der Waals surface area contributed by atoms with E-state index in [1.165, 1.54) is 11.8 Å². The van der Waals surface area contributed by atoms with Gasteiger partial charge in [-0.2, -0.15) is 4.99 Å². The summed E-state index contributed by atoms with van der Waals surface area (Å²) >= 11 is 1.37. The molecule has 2 atom stereocenters. The molecule has 0 aromatic heterocycles. The molecule has 0 spiro atoms. The molecule has 176 valence electrons. The van der Waals surface area contributed by atoms with Gasteiger partial charge in [0, 0.05) is 29.7 Å². The molecule has 33 heavy (non-hydrogen) atoms. The van der Waals surface area contributed by atoms with Gasteiger partial charge in [-0.3, -0.25) is 4.79 Å². The number of benzene rings is 2. The van der Waals surface area contributed by atoms with E-state index in [4.69, 9.17) is 4.74 Å². The molecule has 0 saturated carbocycles. The molecule has 2 fully saturated rings. The third kappa shape index (κ3) is 5.19. The van der Waals surface area contributed by atoms with Gasteiger partial charge in [-0.1, -0.05) is 30.0 Å². The Balaban J connectivity index is 1.62. The molecule has 0 radical (unpaired) electrons. The number of carbonyl (C=O) groups is 1. The zero-order valence-corrected chi connectivity index (χ0v) is 20.7. The minimum absolute atomic E-state index is 0.0651. The fraction of sp³-hybridized carbons (Fsp3) is 0.417. The maximum Gasteiger partial charge on any atom is 0.285 e. The van der Waals surface area contributed by atoms with Crippen molar-refractivity contribution < 1.29 is 17.9 Å². The van der Waals surface area contributed by atoms with Crippen molar-refractivity contribution >= 4 is 44.0 Å². The monoisotopic (exact) mass is 487 g/mol. The topological polar surface area (TPSA) is 79.3 Å². The van der Waals surface area contributed by atoms with Crippen molar-refractivity contribution in [2.45, 2.75) is 32.1 Å². The average Bonchev–Trinajstić information content (AvgIpc) is 3.25. The van der Waals surface area contributed by atoms with E-state index in [-0.39, 0.29) is 29.4 Å². The number of fused-ring (bicyclic) bond motifs is 1. The van der Waals surface area contributed by atoms with Crippen LogP contribution in [-0.2, 0) is 14.6 Å². The number of aliphatic imine (C=N–C) groups is 1. The van der Waals surface area contributed by atoms with Gasteiger partial charge in [0.25, 0.3) is 5.91 Å². The fourth-order valence-electron chi connectivity index (χ4n) is 4.34. The number of amides is 1. The predicted molar refractivity (Wildman–Crippen MR) is 135 cm³/mol. The van der Waals surface area contributed by atoms with E-state index in [0.717, 1.165) is 30.0 Å². The fourth-order valence-corrected chi connectivity index (χ4v) is 8.27.